The van der Waals surface area contributed by atoms with Crippen LogP contribution >= 0.6 is 46.4 Å². The van der Waals surface area contributed by atoms with Crippen LogP contribution in [0.4, 0.5) is 21.5 Å². The minimum absolute atomic E-state index is 0.0159. The van der Waals surface area contributed by atoms with Gasteiger partial charge in [0.25, 0.3) is 17.7 Å². The normalized spacial score (nSPS) is 17.8. The van der Waals surface area contributed by atoms with E-state index >= 15 is 0 Å². The minimum atomic E-state index is -0.645. The van der Waals surface area contributed by atoms with Crippen LogP contribution in [0.25, 0.3) is 0 Å². The molecule has 68 heavy (non-hydrogen) atoms. The molecule has 6 N–H and O–H groups in total. The Bertz CT molecular complexity index is 2610. The summed E-state index contributed by atoms with van der Waals surface area (Å²) < 4.78 is 30.8. The highest BCUT2D eigenvalue weighted by Crippen LogP contribution is 2.26. The van der Waals surface area contributed by atoms with Crippen molar-refractivity contribution in [2.75, 3.05) is 75.0 Å². The fourth-order valence-electron chi connectivity index (χ4n) is 7.10. The van der Waals surface area contributed by atoms with E-state index in [-0.39, 0.29) is 40.7 Å². The highest BCUT2D eigenvalue weighted by atomic mass is 35.5. The van der Waals surface area contributed by atoms with Gasteiger partial charge in [-0.25, -0.2) is 9.37 Å². The first-order chi connectivity index (χ1) is 33.0. The van der Waals surface area contributed by atoms with E-state index in [1.807, 2.05) is 60.7 Å². The molecule has 3 saturated heterocycles. The summed E-state index contributed by atoms with van der Waals surface area (Å²) in [4.78, 5) is 40.4. The van der Waals surface area contributed by atoms with Crippen LogP contribution in [-0.4, -0.2) is 81.8 Å². The number of nitrogens with zero attached hydrogens (tertiary/aromatic N) is 1. The van der Waals surface area contributed by atoms with Gasteiger partial charge in [0.15, 0.2) is 0 Å². The molecule has 3 fully saturated rings. The standard InChI is InChI=1S/C17H16Cl2N2O2.C17H16ClFN2O2.C16H16ClN3O2/c18-14-6-3-12(9-15(14)19)17(22)21-13-4-1-11(2-5-13)16-10-20-7-8-23-16;18-12-3-6-14(15(19)9-12)17(22)21-13-4-1-11(2-5-13)16-10-20-7-8-23-16;17-12-3-6-14(19-9-12)16(21)20-13-4-1-11(2-5-13)15-10-18-7-8-22-15/h2*1-6,9,16,20H,7-8,10H2,(H,21,22);1-6,9,15,18H,7-8,10H2,(H,20,21). The molecule has 3 atom stereocenters. The lowest BCUT2D eigenvalue weighted by molar-refractivity contribution is 0.0276. The second-order valence-corrected chi connectivity index (χ2v) is 17.2. The molecule has 3 aliphatic rings. The molecule has 4 heterocycles. The monoisotopic (exact) mass is 1000 g/mol. The number of ether oxygens (including phenoxy) is 3. The van der Waals surface area contributed by atoms with Crippen molar-refractivity contribution >= 4 is 81.2 Å². The zero-order valence-corrected chi connectivity index (χ0v) is 39.5. The van der Waals surface area contributed by atoms with Gasteiger partial charge in [-0.05, 0) is 102 Å². The van der Waals surface area contributed by atoms with Gasteiger partial charge in [-0.1, -0.05) is 82.8 Å². The summed E-state index contributed by atoms with van der Waals surface area (Å²) in [5, 5.41) is 19.7. The number of nitrogens with one attached hydrogen (secondary N) is 6. The third kappa shape index (κ3) is 14.8. The Morgan fingerprint density at radius 1 is 0.515 bits per heavy atom. The van der Waals surface area contributed by atoms with Gasteiger partial charge in [0.05, 0.1) is 58.8 Å². The first-order valence-corrected chi connectivity index (χ1v) is 23.2. The van der Waals surface area contributed by atoms with Gasteiger partial charge >= 0.3 is 0 Å². The van der Waals surface area contributed by atoms with E-state index in [4.69, 9.17) is 60.6 Å². The number of rotatable bonds is 9. The average Bonchev–Trinajstić information content (AvgIpc) is 3.37. The fourth-order valence-corrected chi connectivity index (χ4v) is 7.67. The van der Waals surface area contributed by atoms with Crippen LogP contribution in [0.2, 0.25) is 20.1 Å². The van der Waals surface area contributed by atoms with Crippen LogP contribution in [0.1, 0.15) is 66.2 Å². The number of amides is 3. The van der Waals surface area contributed by atoms with E-state index in [1.54, 1.807) is 42.5 Å². The van der Waals surface area contributed by atoms with E-state index < -0.39 is 11.7 Å². The predicted octanol–water partition coefficient (Wildman–Crippen LogP) is 9.95. The molecule has 1 aromatic heterocycles. The number of morpholine rings is 3. The highest BCUT2D eigenvalue weighted by Gasteiger charge is 2.19. The molecular weight excluding hydrogens is 955 g/mol. The average molecular weight is 1000 g/mol. The molecule has 6 aromatic rings. The van der Waals surface area contributed by atoms with Gasteiger partial charge in [0.2, 0.25) is 0 Å². The van der Waals surface area contributed by atoms with Crippen molar-refractivity contribution in [1.29, 1.82) is 0 Å². The van der Waals surface area contributed by atoms with Crippen molar-refractivity contribution in [3.63, 3.8) is 0 Å². The molecule has 3 unspecified atom stereocenters. The smallest absolute Gasteiger partial charge is 0.274 e. The first-order valence-electron chi connectivity index (χ1n) is 21.7. The molecule has 0 radical (unpaired) electrons. The molecule has 0 spiro atoms. The van der Waals surface area contributed by atoms with Crippen molar-refractivity contribution < 1.29 is 33.0 Å². The lowest BCUT2D eigenvalue weighted by Crippen LogP contribution is -2.33. The SMILES string of the molecule is O=C(Nc1ccc(C2CNCCO2)cc1)c1ccc(Cl)c(Cl)c1.O=C(Nc1ccc(C2CNCCO2)cc1)c1ccc(Cl)cc1F.O=C(Nc1ccc(C2CNCCO2)cc1)c1ccc(Cl)cn1. The van der Waals surface area contributed by atoms with E-state index in [0.29, 0.717) is 63.2 Å². The number of benzene rings is 5. The summed E-state index contributed by atoms with van der Waals surface area (Å²) in [5.74, 6) is -1.65. The molecule has 0 bridgehead atoms. The van der Waals surface area contributed by atoms with Crippen LogP contribution in [0.15, 0.2) is 128 Å². The maximum absolute atomic E-state index is 13.7. The molecular formula is C50H48Cl4FN7O6. The van der Waals surface area contributed by atoms with Gasteiger partial charge in [0.1, 0.15) is 11.5 Å². The Balaban J connectivity index is 0.000000151. The molecule has 354 valence electrons. The number of hydrogen-bond acceptors (Lipinski definition) is 10. The van der Waals surface area contributed by atoms with Crippen LogP contribution in [0.5, 0.6) is 0 Å². The van der Waals surface area contributed by atoms with E-state index in [0.717, 1.165) is 62.0 Å². The third-order valence-corrected chi connectivity index (χ3v) is 11.9. The fraction of sp³-hybridized carbons (Fsp3) is 0.240. The molecule has 9 rings (SSSR count). The van der Waals surface area contributed by atoms with Crippen molar-refractivity contribution in [3.8, 4) is 0 Å². The van der Waals surface area contributed by atoms with Crippen LogP contribution < -0.4 is 31.9 Å². The number of anilines is 3. The quantitative estimate of drug-likeness (QED) is 0.0822. The van der Waals surface area contributed by atoms with E-state index in [9.17, 15) is 18.8 Å². The number of halogens is 5. The van der Waals surface area contributed by atoms with E-state index in [2.05, 4.69) is 36.9 Å². The Labute approximate surface area is 413 Å². The Morgan fingerprint density at radius 2 is 0.971 bits per heavy atom. The Kier molecular flexibility index (Phi) is 18.7. The van der Waals surface area contributed by atoms with Crippen LogP contribution in [0, 0.1) is 5.82 Å². The van der Waals surface area contributed by atoms with Gasteiger partial charge < -0.3 is 46.1 Å². The maximum atomic E-state index is 13.7. The van der Waals surface area contributed by atoms with E-state index in [1.165, 1.54) is 18.3 Å². The highest BCUT2D eigenvalue weighted by molar-refractivity contribution is 6.42. The number of aromatic nitrogens is 1. The zero-order chi connectivity index (χ0) is 47.8. The summed E-state index contributed by atoms with van der Waals surface area (Å²) in [6.07, 6.45) is 1.59. The Morgan fingerprint density at radius 3 is 1.38 bits per heavy atom. The molecule has 3 amide bonds. The van der Waals surface area contributed by atoms with Crippen molar-refractivity contribution in [1.82, 2.24) is 20.9 Å². The number of hydrogen-bond donors (Lipinski definition) is 6. The summed E-state index contributed by atoms with van der Waals surface area (Å²) in [7, 11) is 0. The molecule has 3 aliphatic heterocycles. The zero-order valence-electron chi connectivity index (χ0n) is 36.5. The molecule has 13 nitrogen and oxygen atoms in total. The summed E-state index contributed by atoms with van der Waals surface area (Å²) >= 11 is 23.2. The predicted molar refractivity (Wildman–Crippen MR) is 265 cm³/mol. The number of carbonyl (C=O) groups is 3. The number of carbonyl (C=O) groups excluding carboxylic acids is 3. The molecule has 5 aromatic carbocycles. The maximum Gasteiger partial charge on any atom is 0.274 e. The second kappa shape index (κ2) is 25.2. The minimum Gasteiger partial charge on any atom is -0.371 e. The van der Waals surface area contributed by atoms with Crippen molar-refractivity contribution in [2.24, 2.45) is 0 Å². The lowest BCUT2D eigenvalue weighted by Gasteiger charge is -2.24. The second-order valence-electron chi connectivity index (χ2n) is 15.5. The first kappa shape index (κ1) is 50.4. The van der Waals surface area contributed by atoms with Crippen molar-refractivity contribution in [3.05, 3.63) is 187 Å². The third-order valence-electron chi connectivity index (χ3n) is 10.7. The van der Waals surface area contributed by atoms with Crippen LogP contribution in [-0.2, 0) is 14.2 Å². The topological polar surface area (TPSA) is 164 Å². The van der Waals surface area contributed by atoms with Gasteiger partial charge in [-0.2, -0.15) is 0 Å². The largest absolute Gasteiger partial charge is 0.371 e. The summed E-state index contributed by atoms with van der Waals surface area (Å²) in [6.45, 7) is 7.10. The van der Waals surface area contributed by atoms with Gasteiger partial charge in [0, 0.05) is 73.1 Å². The molecule has 18 heteroatoms. The summed E-state index contributed by atoms with van der Waals surface area (Å²) in [5.41, 5.74) is 5.99. The van der Waals surface area contributed by atoms with Gasteiger partial charge in [-0.3, -0.25) is 14.4 Å². The van der Waals surface area contributed by atoms with Gasteiger partial charge in [-0.15, -0.1) is 0 Å². The molecule has 0 aliphatic carbocycles. The molecule has 0 saturated carbocycles. The summed E-state index contributed by atoms with van der Waals surface area (Å²) in [6, 6.07) is 34.6. The Hall–Kier alpha value is -5.49. The lowest BCUT2D eigenvalue weighted by atomic mass is 10.1. The van der Waals surface area contributed by atoms with Crippen molar-refractivity contribution in [2.45, 2.75) is 18.3 Å². The number of pyridine rings is 1. The van der Waals surface area contributed by atoms with Crippen LogP contribution in [0.3, 0.4) is 0 Å².